The minimum absolute atomic E-state index is 0.433. The minimum atomic E-state index is 0.433. The minimum Gasteiger partial charge on any atom is -0.316 e. The van der Waals surface area contributed by atoms with Gasteiger partial charge in [0.25, 0.3) is 0 Å². The summed E-state index contributed by atoms with van der Waals surface area (Å²) in [5.41, 5.74) is 0.433. The van der Waals surface area contributed by atoms with Gasteiger partial charge in [-0.1, -0.05) is 54.4 Å². The average Bonchev–Trinajstić information content (AvgIpc) is 2.15. The Morgan fingerprint density at radius 2 is 1.69 bits per heavy atom. The van der Waals surface area contributed by atoms with E-state index in [1.165, 1.54) is 32.2 Å². The Bertz CT molecular complexity index is 157. The van der Waals surface area contributed by atoms with Gasteiger partial charge in [-0.25, -0.2) is 0 Å². The van der Waals surface area contributed by atoms with Gasteiger partial charge in [0, 0.05) is 0 Å². The van der Waals surface area contributed by atoms with Gasteiger partial charge in [0.2, 0.25) is 0 Å². The molecule has 16 heavy (non-hydrogen) atoms. The molecule has 2 atom stereocenters. The van der Waals surface area contributed by atoms with Crippen molar-refractivity contribution in [2.24, 2.45) is 17.3 Å². The highest BCUT2D eigenvalue weighted by Crippen LogP contribution is 2.31. The Morgan fingerprint density at radius 3 is 2.12 bits per heavy atom. The Kier molecular flexibility index (Phi) is 8.09. The van der Waals surface area contributed by atoms with Crippen molar-refractivity contribution in [2.45, 2.75) is 67.2 Å². The highest BCUT2D eigenvalue weighted by molar-refractivity contribution is 4.77. The summed E-state index contributed by atoms with van der Waals surface area (Å²) in [6.07, 6.45) is 5.30. The van der Waals surface area contributed by atoms with Crippen LogP contribution in [0.2, 0.25) is 0 Å². The first-order valence-corrected chi connectivity index (χ1v) is 7.12. The van der Waals surface area contributed by atoms with Crippen LogP contribution in [0, 0.1) is 17.3 Å². The molecular weight excluding hydrogens is 194 g/mol. The predicted octanol–water partition coefficient (Wildman–Crippen LogP) is 4.47. The van der Waals surface area contributed by atoms with Gasteiger partial charge < -0.3 is 5.32 Å². The van der Waals surface area contributed by atoms with E-state index in [0.717, 1.165) is 18.4 Å². The van der Waals surface area contributed by atoms with Crippen LogP contribution in [0.1, 0.15) is 67.2 Å². The third-order valence-electron chi connectivity index (χ3n) is 3.51. The molecule has 1 heteroatoms. The van der Waals surface area contributed by atoms with Gasteiger partial charge in [-0.15, -0.1) is 0 Å². The van der Waals surface area contributed by atoms with Gasteiger partial charge in [0.05, 0.1) is 0 Å². The molecule has 0 bridgehead atoms. The smallest absolute Gasteiger partial charge is 0.00154 e. The summed E-state index contributed by atoms with van der Waals surface area (Å²) in [6.45, 7) is 16.4. The SMILES string of the molecule is CCCNCC(CC(C)CCC)C(C)(C)C. The van der Waals surface area contributed by atoms with E-state index >= 15 is 0 Å². The van der Waals surface area contributed by atoms with Gasteiger partial charge in [-0.3, -0.25) is 0 Å². The molecule has 0 aromatic carbocycles. The molecule has 1 nitrogen and oxygen atoms in total. The molecule has 0 heterocycles. The fraction of sp³-hybridized carbons (Fsp3) is 1.00. The summed E-state index contributed by atoms with van der Waals surface area (Å²) in [4.78, 5) is 0. The third kappa shape index (κ3) is 7.27. The van der Waals surface area contributed by atoms with E-state index in [9.17, 15) is 0 Å². The predicted molar refractivity (Wildman–Crippen MR) is 74.8 cm³/mol. The number of rotatable bonds is 8. The molecule has 0 aromatic heterocycles. The van der Waals surface area contributed by atoms with Gasteiger partial charge >= 0.3 is 0 Å². The molecule has 0 radical (unpaired) electrons. The van der Waals surface area contributed by atoms with Crippen molar-refractivity contribution in [1.29, 1.82) is 0 Å². The van der Waals surface area contributed by atoms with E-state index in [4.69, 9.17) is 0 Å². The highest BCUT2D eigenvalue weighted by Gasteiger charge is 2.25. The van der Waals surface area contributed by atoms with Gasteiger partial charge in [0.15, 0.2) is 0 Å². The summed E-state index contributed by atoms with van der Waals surface area (Å²) < 4.78 is 0. The lowest BCUT2D eigenvalue weighted by Crippen LogP contribution is -2.33. The van der Waals surface area contributed by atoms with Crippen molar-refractivity contribution >= 4 is 0 Å². The largest absolute Gasteiger partial charge is 0.316 e. The van der Waals surface area contributed by atoms with Crippen LogP contribution in [0.15, 0.2) is 0 Å². The van der Waals surface area contributed by atoms with E-state index in [1.807, 2.05) is 0 Å². The number of hydrogen-bond acceptors (Lipinski definition) is 1. The number of nitrogens with one attached hydrogen (secondary N) is 1. The second kappa shape index (κ2) is 8.11. The van der Waals surface area contributed by atoms with Crippen LogP contribution in [0.4, 0.5) is 0 Å². The maximum absolute atomic E-state index is 3.59. The monoisotopic (exact) mass is 227 g/mol. The lowest BCUT2D eigenvalue weighted by molar-refractivity contribution is 0.190. The maximum atomic E-state index is 3.59. The van der Waals surface area contributed by atoms with Gasteiger partial charge in [0.1, 0.15) is 0 Å². The van der Waals surface area contributed by atoms with Gasteiger partial charge in [-0.05, 0) is 43.2 Å². The van der Waals surface area contributed by atoms with Crippen molar-refractivity contribution < 1.29 is 0 Å². The van der Waals surface area contributed by atoms with E-state index < -0.39 is 0 Å². The highest BCUT2D eigenvalue weighted by atomic mass is 14.9. The first-order chi connectivity index (χ1) is 7.41. The summed E-state index contributed by atoms with van der Waals surface area (Å²) >= 11 is 0. The van der Waals surface area contributed by atoms with Crippen LogP contribution in [0.25, 0.3) is 0 Å². The van der Waals surface area contributed by atoms with Crippen LogP contribution in [-0.4, -0.2) is 13.1 Å². The average molecular weight is 227 g/mol. The van der Waals surface area contributed by atoms with E-state index in [2.05, 4.69) is 46.9 Å². The van der Waals surface area contributed by atoms with Crippen LogP contribution in [-0.2, 0) is 0 Å². The zero-order valence-corrected chi connectivity index (χ0v) is 12.4. The van der Waals surface area contributed by atoms with Crippen LogP contribution in [0.5, 0.6) is 0 Å². The summed E-state index contributed by atoms with van der Waals surface area (Å²) in [5, 5.41) is 3.59. The molecule has 0 rings (SSSR count). The molecular formula is C15H33N. The summed E-state index contributed by atoms with van der Waals surface area (Å²) in [5.74, 6) is 1.68. The van der Waals surface area contributed by atoms with Crippen LogP contribution in [0.3, 0.4) is 0 Å². The zero-order chi connectivity index (χ0) is 12.6. The summed E-state index contributed by atoms with van der Waals surface area (Å²) in [7, 11) is 0. The molecule has 98 valence electrons. The molecule has 0 aromatic rings. The van der Waals surface area contributed by atoms with E-state index in [-0.39, 0.29) is 0 Å². The third-order valence-corrected chi connectivity index (χ3v) is 3.51. The standard InChI is InChI=1S/C15H33N/c1-7-9-13(3)11-14(15(4,5)6)12-16-10-8-2/h13-14,16H,7-12H2,1-6H3. The second-order valence-corrected chi connectivity index (χ2v) is 6.40. The molecule has 0 spiro atoms. The Balaban J connectivity index is 4.10. The zero-order valence-electron chi connectivity index (χ0n) is 12.4. The topological polar surface area (TPSA) is 12.0 Å². The van der Waals surface area contributed by atoms with Crippen LogP contribution < -0.4 is 5.32 Å². The molecule has 0 aliphatic rings. The van der Waals surface area contributed by atoms with Crippen molar-refractivity contribution in [1.82, 2.24) is 5.32 Å². The van der Waals surface area contributed by atoms with Crippen molar-refractivity contribution in [2.75, 3.05) is 13.1 Å². The molecule has 0 saturated heterocycles. The van der Waals surface area contributed by atoms with Crippen molar-refractivity contribution in [3.63, 3.8) is 0 Å². The van der Waals surface area contributed by atoms with E-state index in [0.29, 0.717) is 5.41 Å². The second-order valence-electron chi connectivity index (χ2n) is 6.40. The normalized spacial score (nSPS) is 16.1. The fourth-order valence-electron chi connectivity index (χ4n) is 2.29. The first kappa shape index (κ1) is 16.0. The number of hydrogen-bond donors (Lipinski definition) is 1. The quantitative estimate of drug-likeness (QED) is 0.603. The Labute approximate surface area is 103 Å². The fourth-order valence-corrected chi connectivity index (χ4v) is 2.29. The maximum Gasteiger partial charge on any atom is -0.00154 e. The molecule has 0 saturated carbocycles. The molecule has 2 unspecified atom stereocenters. The van der Waals surface area contributed by atoms with Crippen molar-refractivity contribution in [3.8, 4) is 0 Å². The molecule has 0 aliphatic carbocycles. The molecule has 0 amide bonds. The van der Waals surface area contributed by atoms with E-state index in [1.54, 1.807) is 0 Å². The Morgan fingerprint density at radius 1 is 1.06 bits per heavy atom. The molecule has 0 aliphatic heterocycles. The lowest BCUT2D eigenvalue weighted by atomic mass is 9.75. The lowest BCUT2D eigenvalue weighted by Gasteiger charge is -2.33. The molecule has 1 N–H and O–H groups in total. The summed E-state index contributed by atoms with van der Waals surface area (Å²) in [6, 6.07) is 0. The first-order valence-electron chi connectivity index (χ1n) is 7.12. The van der Waals surface area contributed by atoms with Gasteiger partial charge in [-0.2, -0.15) is 0 Å². The Hall–Kier alpha value is -0.0400. The van der Waals surface area contributed by atoms with Crippen molar-refractivity contribution in [3.05, 3.63) is 0 Å². The van der Waals surface area contributed by atoms with Crippen LogP contribution >= 0.6 is 0 Å². The molecule has 0 fully saturated rings.